The number of aliphatic hydroxyl groups is 1. The first kappa shape index (κ1) is 16.7. The standard InChI is InChI=1S/C16H26I2O3/c1-14(20)5-10-6-16(8-14)7-11(16)12(10)21-13(19)15(2,18-4)9-17-3/h10-12,20H,5-9H2,1-4H3/q-2. The average Bonchev–Trinajstić information content (AvgIpc) is 2.99. The predicted octanol–water partition coefficient (Wildman–Crippen LogP) is -4.33. The van der Waals surface area contributed by atoms with Crippen molar-refractivity contribution in [3.05, 3.63) is 0 Å². The van der Waals surface area contributed by atoms with Crippen LogP contribution in [0.3, 0.4) is 0 Å². The molecule has 5 heteroatoms. The molecule has 0 aliphatic heterocycles. The van der Waals surface area contributed by atoms with Gasteiger partial charge in [0.05, 0.1) is 0 Å². The topological polar surface area (TPSA) is 46.5 Å². The molecule has 0 heterocycles. The van der Waals surface area contributed by atoms with Gasteiger partial charge < -0.3 is 0 Å². The van der Waals surface area contributed by atoms with Crippen LogP contribution in [0.25, 0.3) is 0 Å². The van der Waals surface area contributed by atoms with E-state index in [9.17, 15) is 9.90 Å². The van der Waals surface area contributed by atoms with E-state index in [1.54, 1.807) is 0 Å². The van der Waals surface area contributed by atoms with Crippen molar-refractivity contribution in [2.75, 3.05) is 14.3 Å². The Morgan fingerprint density at radius 2 is 2.10 bits per heavy atom. The number of esters is 1. The molecule has 3 saturated carbocycles. The van der Waals surface area contributed by atoms with Crippen molar-refractivity contribution in [3.8, 4) is 0 Å². The third kappa shape index (κ3) is 2.88. The van der Waals surface area contributed by atoms with Gasteiger partial charge in [-0.05, 0) is 0 Å². The molecule has 6 unspecified atom stereocenters. The Hall–Kier alpha value is 0.890. The predicted molar refractivity (Wildman–Crippen MR) is 73.5 cm³/mol. The Bertz CT molecular complexity index is 453. The van der Waals surface area contributed by atoms with Crippen molar-refractivity contribution in [2.24, 2.45) is 17.3 Å². The number of hydrogen-bond acceptors (Lipinski definition) is 3. The minimum atomic E-state index is -0.547. The number of alkyl halides is 4. The molecule has 3 fully saturated rings. The first-order valence-corrected chi connectivity index (χ1v) is 14.6. The van der Waals surface area contributed by atoms with E-state index in [2.05, 4.69) is 16.8 Å². The van der Waals surface area contributed by atoms with Gasteiger partial charge in [0.1, 0.15) is 0 Å². The number of carbonyl (C=O) groups excluding carboxylic acids is 1. The van der Waals surface area contributed by atoms with Crippen LogP contribution in [0.2, 0.25) is 0 Å². The summed E-state index contributed by atoms with van der Waals surface area (Å²) in [6.07, 6.45) is 4.15. The second-order valence-electron chi connectivity index (χ2n) is 7.67. The summed E-state index contributed by atoms with van der Waals surface area (Å²) in [7, 11) is 0. The summed E-state index contributed by atoms with van der Waals surface area (Å²) in [5.74, 6) is 1.00. The van der Waals surface area contributed by atoms with Gasteiger partial charge in [0, 0.05) is 0 Å². The molecule has 0 aromatic rings. The molecular weight excluding hydrogens is 494 g/mol. The molecule has 3 aliphatic carbocycles. The molecule has 0 saturated heterocycles. The maximum atomic E-state index is 12.7. The Morgan fingerprint density at radius 1 is 1.38 bits per heavy atom. The van der Waals surface area contributed by atoms with E-state index in [1.807, 2.05) is 6.92 Å². The summed E-state index contributed by atoms with van der Waals surface area (Å²) in [4.78, 5) is 17.2. The zero-order valence-electron chi connectivity index (χ0n) is 13.3. The summed E-state index contributed by atoms with van der Waals surface area (Å²) in [5.41, 5.74) is -0.235. The Kier molecular flexibility index (Phi) is 4.36. The number of rotatable bonds is 5. The van der Waals surface area contributed by atoms with Crippen molar-refractivity contribution in [1.82, 2.24) is 0 Å². The number of hydrogen-bond donors (Lipinski definition) is 1. The van der Waals surface area contributed by atoms with Gasteiger partial charge in [0.25, 0.3) is 0 Å². The molecular formula is C16H26I2O3-2. The van der Waals surface area contributed by atoms with Crippen LogP contribution in [0.1, 0.15) is 39.5 Å². The summed E-state index contributed by atoms with van der Waals surface area (Å²) >= 11 is -0.0285. The van der Waals surface area contributed by atoms with E-state index < -0.39 is 5.60 Å². The molecule has 3 nitrogen and oxygen atoms in total. The van der Waals surface area contributed by atoms with Crippen LogP contribution >= 0.6 is 0 Å². The van der Waals surface area contributed by atoms with Crippen LogP contribution in [-0.2, 0) is 9.53 Å². The fraction of sp³-hybridized carbons (Fsp3) is 0.938. The zero-order chi connectivity index (χ0) is 15.5. The van der Waals surface area contributed by atoms with Gasteiger partial charge in [-0.15, -0.1) is 0 Å². The third-order valence-electron chi connectivity index (χ3n) is 5.69. The van der Waals surface area contributed by atoms with Gasteiger partial charge in [0.2, 0.25) is 0 Å². The molecule has 6 atom stereocenters. The van der Waals surface area contributed by atoms with Crippen molar-refractivity contribution < 1.29 is 57.0 Å². The first-order valence-electron chi connectivity index (χ1n) is 7.63. The van der Waals surface area contributed by atoms with Crippen LogP contribution in [-0.4, -0.2) is 40.5 Å². The Balaban J connectivity index is 1.71. The van der Waals surface area contributed by atoms with Crippen LogP contribution in [0, 0.1) is 17.3 Å². The molecule has 3 aliphatic rings. The van der Waals surface area contributed by atoms with E-state index in [-0.39, 0.29) is 57.9 Å². The molecule has 0 aromatic carbocycles. The molecule has 1 N–H and O–H groups in total. The number of halogens is 2. The van der Waals surface area contributed by atoms with Gasteiger partial charge in [-0.25, -0.2) is 0 Å². The van der Waals surface area contributed by atoms with Crippen molar-refractivity contribution in [3.63, 3.8) is 0 Å². The molecule has 124 valence electrons. The average molecular weight is 520 g/mol. The Labute approximate surface area is 148 Å². The van der Waals surface area contributed by atoms with E-state index in [0.717, 1.165) is 23.7 Å². The molecule has 0 radical (unpaired) electrons. The van der Waals surface area contributed by atoms with E-state index in [1.165, 1.54) is 6.42 Å². The van der Waals surface area contributed by atoms with Crippen LogP contribution in [0.5, 0.6) is 0 Å². The SMILES string of the molecule is C[I-]CC(C)([I-]C)C(=O)OC1C2CC(C)(O)CC3(C2)CC13. The van der Waals surface area contributed by atoms with Crippen molar-refractivity contribution >= 4 is 5.97 Å². The van der Waals surface area contributed by atoms with Gasteiger partial charge in [-0.3, -0.25) is 0 Å². The summed E-state index contributed by atoms with van der Waals surface area (Å²) in [6.45, 7) is 4.08. The summed E-state index contributed by atoms with van der Waals surface area (Å²) in [6, 6.07) is 0. The van der Waals surface area contributed by atoms with E-state index in [0.29, 0.717) is 17.3 Å². The van der Waals surface area contributed by atoms with Gasteiger partial charge in [-0.1, -0.05) is 0 Å². The van der Waals surface area contributed by atoms with Crippen molar-refractivity contribution in [2.45, 2.75) is 54.7 Å². The maximum absolute atomic E-state index is 12.7. The third-order valence-corrected chi connectivity index (χ3v) is 12.6. The molecule has 1 spiro atoms. The quantitative estimate of drug-likeness (QED) is 0.227. The fourth-order valence-electron chi connectivity index (χ4n) is 4.76. The number of carbonyl (C=O) groups is 1. The number of fused-ring (bicyclic) bond motifs is 1. The second kappa shape index (κ2) is 5.46. The molecule has 0 aromatic heterocycles. The minimum absolute atomic E-state index is 0.0681. The molecule has 0 amide bonds. The van der Waals surface area contributed by atoms with Crippen LogP contribution in [0.4, 0.5) is 0 Å². The molecule has 3 rings (SSSR count). The number of ether oxygens (including phenoxy) is 1. The van der Waals surface area contributed by atoms with E-state index in [4.69, 9.17) is 4.74 Å². The van der Waals surface area contributed by atoms with E-state index >= 15 is 0 Å². The molecule has 2 bridgehead atoms. The first-order chi connectivity index (χ1) is 9.75. The van der Waals surface area contributed by atoms with Gasteiger partial charge in [0.15, 0.2) is 0 Å². The summed E-state index contributed by atoms with van der Waals surface area (Å²) in [5, 5.41) is 10.5. The summed E-state index contributed by atoms with van der Waals surface area (Å²) < 4.78 is 6.95. The Morgan fingerprint density at radius 3 is 2.71 bits per heavy atom. The zero-order valence-corrected chi connectivity index (χ0v) is 17.6. The normalized spacial score (nSPS) is 47.0. The monoisotopic (exact) mass is 520 g/mol. The molecule has 21 heavy (non-hydrogen) atoms. The van der Waals surface area contributed by atoms with Crippen LogP contribution in [0.15, 0.2) is 0 Å². The van der Waals surface area contributed by atoms with Gasteiger partial charge in [-0.2, -0.15) is 0 Å². The fourth-order valence-corrected chi connectivity index (χ4v) is 11.2. The van der Waals surface area contributed by atoms with Crippen LogP contribution < -0.4 is 42.4 Å². The van der Waals surface area contributed by atoms with Gasteiger partial charge >= 0.3 is 149 Å². The second-order valence-corrected chi connectivity index (χ2v) is 13.4. The van der Waals surface area contributed by atoms with Crippen molar-refractivity contribution in [1.29, 1.82) is 0 Å².